The normalized spacial score (nSPS) is 13.6. The molecule has 0 unspecified atom stereocenters. The molecule has 0 atom stereocenters. The number of amides is 1. The fraction of sp³-hybridized carbons (Fsp3) is 0.222. The molecule has 3 rings (SSSR count). The van der Waals surface area contributed by atoms with Gasteiger partial charge in [-0.15, -0.1) is 0 Å². The van der Waals surface area contributed by atoms with E-state index in [0.29, 0.717) is 12.1 Å². The Kier molecular flexibility index (Phi) is 4.02. The van der Waals surface area contributed by atoms with Crippen molar-refractivity contribution in [2.75, 3.05) is 0 Å². The van der Waals surface area contributed by atoms with Crippen molar-refractivity contribution in [3.63, 3.8) is 0 Å². The highest BCUT2D eigenvalue weighted by atomic mass is 16.4. The minimum absolute atomic E-state index is 0.118. The SMILES string of the molecule is O=C(O)c1ccc(C(=O)N(Cc2cccc(O)c2)C2CC2)cc1. The number of phenols is 1. The predicted octanol–water partition coefficient (Wildman–Crippen LogP) is 2.90. The van der Waals surface area contributed by atoms with Gasteiger partial charge in [-0.05, 0) is 54.8 Å². The van der Waals surface area contributed by atoms with E-state index in [9.17, 15) is 14.7 Å². The standard InChI is InChI=1S/C18H17NO4/c20-16-3-1-2-12(10-16)11-19(15-8-9-15)17(21)13-4-6-14(7-5-13)18(22)23/h1-7,10,15,20H,8-9,11H2,(H,22,23). The third kappa shape index (κ3) is 3.51. The molecule has 0 aliphatic heterocycles. The first-order valence-corrected chi connectivity index (χ1v) is 7.47. The molecule has 0 radical (unpaired) electrons. The Labute approximate surface area is 133 Å². The van der Waals surface area contributed by atoms with Crippen molar-refractivity contribution >= 4 is 11.9 Å². The number of carboxylic acids is 1. The number of carboxylic acid groups (broad SMARTS) is 1. The Morgan fingerprint density at radius 2 is 1.70 bits per heavy atom. The Balaban J connectivity index is 1.80. The van der Waals surface area contributed by atoms with Crippen LogP contribution in [0.5, 0.6) is 5.75 Å². The predicted molar refractivity (Wildman–Crippen MR) is 84.4 cm³/mol. The van der Waals surface area contributed by atoms with Crippen LogP contribution in [0, 0.1) is 0 Å². The fourth-order valence-electron chi connectivity index (χ4n) is 2.53. The number of aromatic carboxylic acids is 1. The van der Waals surface area contributed by atoms with Gasteiger partial charge in [-0.3, -0.25) is 4.79 Å². The summed E-state index contributed by atoms with van der Waals surface area (Å²) < 4.78 is 0. The van der Waals surface area contributed by atoms with Gasteiger partial charge in [-0.1, -0.05) is 12.1 Å². The van der Waals surface area contributed by atoms with E-state index in [1.165, 1.54) is 12.1 Å². The molecule has 0 heterocycles. The number of hydrogen-bond donors (Lipinski definition) is 2. The Hall–Kier alpha value is -2.82. The minimum Gasteiger partial charge on any atom is -0.508 e. The van der Waals surface area contributed by atoms with Crippen LogP contribution in [0.2, 0.25) is 0 Å². The maximum absolute atomic E-state index is 12.7. The number of rotatable bonds is 5. The number of nitrogens with zero attached hydrogens (tertiary/aromatic N) is 1. The summed E-state index contributed by atoms with van der Waals surface area (Å²) in [5.41, 5.74) is 1.50. The zero-order chi connectivity index (χ0) is 16.4. The summed E-state index contributed by atoms with van der Waals surface area (Å²) in [7, 11) is 0. The van der Waals surface area contributed by atoms with Gasteiger partial charge in [0.15, 0.2) is 0 Å². The molecule has 118 valence electrons. The molecule has 1 fully saturated rings. The van der Waals surface area contributed by atoms with Crippen LogP contribution >= 0.6 is 0 Å². The third-order valence-electron chi connectivity index (χ3n) is 3.89. The maximum Gasteiger partial charge on any atom is 0.335 e. The van der Waals surface area contributed by atoms with Gasteiger partial charge in [0.05, 0.1) is 5.56 Å². The van der Waals surface area contributed by atoms with Crippen molar-refractivity contribution in [1.82, 2.24) is 4.90 Å². The highest BCUT2D eigenvalue weighted by Gasteiger charge is 2.33. The van der Waals surface area contributed by atoms with Gasteiger partial charge in [0, 0.05) is 18.2 Å². The molecule has 2 aromatic rings. The lowest BCUT2D eigenvalue weighted by Crippen LogP contribution is -2.32. The van der Waals surface area contributed by atoms with Crippen LogP contribution in [0.3, 0.4) is 0 Å². The first kappa shape index (κ1) is 15.1. The maximum atomic E-state index is 12.7. The average Bonchev–Trinajstić information content (AvgIpc) is 3.37. The summed E-state index contributed by atoms with van der Waals surface area (Å²) >= 11 is 0. The Morgan fingerprint density at radius 1 is 1.04 bits per heavy atom. The first-order chi connectivity index (χ1) is 11.0. The van der Waals surface area contributed by atoms with Crippen LogP contribution in [0.15, 0.2) is 48.5 Å². The van der Waals surface area contributed by atoms with Crippen molar-refractivity contribution in [3.05, 3.63) is 65.2 Å². The molecule has 1 saturated carbocycles. The minimum atomic E-state index is -1.01. The van der Waals surface area contributed by atoms with E-state index in [1.807, 2.05) is 6.07 Å². The van der Waals surface area contributed by atoms with Crippen LogP contribution < -0.4 is 0 Å². The zero-order valence-corrected chi connectivity index (χ0v) is 12.5. The largest absolute Gasteiger partial charge is 0.508 e. The van der Waals surface area contributed by atoms with Crippen molar-refractivity contribution in [2.24, 2.45) is 0 Å². The lowest BCUT2D eigenvalue weighted by molar-refractivity contribution is 0.0692. The number of benzene rings is 2. The smallest absolute Gasteiger partial charge is 0.335 e. The number of aromatic hydroxyl groups is 1. The number of carbonyl (C=O) groups excluding carboxylic acids is 1. The summed E-state index contributed by atoms with van der Waals surface area (Å²) in [6.45, 7) is 0.429. The highest BCUT2D eigenvalue weighted by molar-refractivity contribution is 5.96. The highest BCUT2D eigenvalue weighted by Crippen LogP contribution is 2.30. The molecule has 2 N–H and O–H groups in total. The second kappa shape index (κ2) is 6.12. The Bertz CT molecular complexity index is 735. The van der Waals surface area contributed by atoms with E-state index in [1.54, 1.807) is 35.2 Å². The molecule has 2 aromatic carbocycles. The molecule has 0 bridgehead atoms. The quantitative estimate of drug-likeness (QED) is 0.890. The number of hydrogen-bond acceptors (Lipinski definition) is 3. The summed E-state index contributed by atoms with van der Waals surface area (Å²) in [6, 6.07) is 13.0. The van der Waals surface area contributed by atoms with Crippen molar-refractivity contribution in [1.29, 1.82) is 0 Å². The lowest BCUT2D eigenvalue weighted by Gasteiger charge is -2.23. The molecule has 0 aromatic heterocycles. The number of carbonyl (C=O) groups is 2. The topological polar surface area (TPSA) is 77.8 Å². The molecule has 0 saturated heterocycles. The zero-order valence-electron chi connectivity index (χ0n) is 12.5. The summed E-state index contributed by atoms with van der Waals surface area (Å²) in [5, 5.41) is 18.5. The lowest BCUT2D eigenvalue weighted by atomic mass is 10.1. The van der Waals surface area contributed by atoms with Crippen LogP contribution in [0.4, 0.5) is 0 Å². The van der Waals surface area contributed by atoms with Crippen molar-refractivity contribution in [2.45, 2.75) is 25.4 Å². The van der Waals surface area contributed by atoms with E-state index < -0.39 is 5.97 Å². The van der Waals surface area contributed by atoms with Crippen LogP contribution in [-0.2, 0) is 6.54 Å². The van der Waals surface area contributed by atoms with Gasteiger partial charge < -0.3 is 15.1 Å². The second-order valence-electron chi connectivity index (χ2n) is 5.72. The Morgan fingerprint density at radius 3 is 2.26 bits per heavy atom. The van der Waals surface area contributed by atoms with E-state index in [2.05, 4.69) is 0 Å². The van der Waals surface area contributed by atoms with Gasteiger partial charge in [-0.25, -0.2) is 4.79 Å². The van der Waals surface area contributed by atoms with Gasteiger partial charge in [0.25, 0.3) is 5.91 Å². The fourth-order valence-corrected chi connectivity index (χ4v) is 2.53. The molecule has 0 spiro atoms. The van der Waals surface area contributed by atoms with Crippen LogP contribution in [0.1, 0.15) is 39.1 Å². The summed E-state index contributed by atoms with van der Waals surface area (Å²) in [6.07, 6.45) is 1.94. The number of phenolic OH excluding ortho intramolecular Hbond substituents is 1. The molecule has 1 amide bonds. The van der Waals surface area contributed by atoms with E-state index in [0.717, 1.165) is 18.4 Å². The van der Waals surface area contributed by atoms with Gasteiger partial charge in [0.1, 0.15) is 5.75 Å². The van der Waals surface area contributed by atoms with Crippen molar-refractivity contribution in [3.8, 4) is 5.75 Å². The summed E-state index contributed by atoms with van der Waals surface area (Å²) in [5.74, 6) is -0.952. The molecule has 1 aliphatic rings. The van der Waals surface area contributed by atoms with Gasteiger partial charge in [0.2, 0.25) is 0 Å². The molecular weight excluding hydrogens is 294 g/mol. The molecule has 5 nitrogen and oxygen atoms in total. The van der Waals surface area contributed by atoms with E-state index >= 15 is 0 Å². The molecular formula is C18H17NO4. The second-order valence-corrected chi connectivity index (χ2v) is 5.72. The van der Waals surface area contributed by atoms with Gasteiger partial charge in [-0.2, -0.15) is 0 Å². The van der Waals surface area contributed by atoms with Crippen LogP contribution in [0.25, 0.3) is 0 Å². The molecule has 23 heavy (non-hydrogen) atoms. The van der Waals surface area contributed by atoms with Crippen LogP contribution in [-0.4, -0.2) is 33.0 Å². The average molecular weight is 311 g/mol. The third-order valence-corrected chi connectivity index (χ3v) is 3.89. The summed E-state index contributed by atoms with van der Waals surface area (Å²) in [4.78, 5) is 25.4. The van der Waals surface area contributed by atoms with E-state index in [4.69, 9.17) is 5.11 Å². The molecule has 5 heteroatoms. The van der Waals surface area contributed by atoms with Gasteiger partial charge >= 0.3 is 5.97 Å². The van der Waals surface area contributed by atoms with E-state index in [-0.39, 0.29) is 23.3 Å². The first-order valence-electron chi connectivity index (χ1n) is 7.47. The molecule has 1 aliphatic carbocycles. The van der Waals surface area contributed by atoms with Crippen molar-refractivity contribution < 1.29 is 19.8 Å². The monoisotopic (exact) mass is 311 g/mol.